The van der Waals surface area contributed by atoms with Crippen LogP contribution in [0.2, 0.25) is 0 Å². The third kappa shape index (κ3) is 1.57. The SMILES string of the molecule is Cc1cccc2oc(=O)c3c(c12)O[C@@]1(C)O[C@@H]3[C@@H]2[C@@H](C)CC[C@@H]21. The minimum absolute atomic E-state index is 0.202. The highest BCUT2D eigenvalue weighted by molar-refractivity contribution is 5.88. The number of benzene rings is 1. The first-order chi connectivity index (χ1) is 11.0. The Morgan fingerprint density at radius 2 is 2.09 bits per heavy atom. The molecule has 0 amide bonds. The molecule has 2 aliphatic heterocycles. The highest BCUT2D eigenvalue weighted by Gasteiger charge is 2.62. The summed E-state index contributed by atoms with van der Waals surface area (Å²) in [5, 5.41) is 0.911. The van der Waals surface area contributed by atoms with Crippen molar-refractivity contribution in [2.24, 2.45) is 17.8 Å². The van der Waals surface area contributed by atoms with Gasteiger partial charge < -0.3 is 13.9 Å². The molecule has 120 valence electrons. The molecular formula is C19H20O4. The fraction of sp³-hybridized carbons (Fsp3) is 0.526. The van der Waals surface area contributed by atoms with Crippen molar-refractivity contribution < 1.29 is 13.9 Å². The van der Waals surface area contributed by atoms with Crippen LogP contribution in [-0.2, 0) is 4.74 Å². The van der Waals surface area contributed by atoms with Gasteiger partial charge in [-0.2, -0.15) is 0 Å². The van der Waals surface area contributed by atoms with Crippen LogP contribution in [0.5, 0.6) is 5.75 Å². The molecule has 0 unspecified atom stereocenters. The van der Waals surface area contributed by atoms with Crippen LogP contribution in [0, 0.1) is 24.7 Å². The van der Waals surface area contributed by atoms with Gasteiger partial charge in [0.1, 0.15) is 23.0 Å². The Morgan fingerprint density at radius 1 is 1.26 bits per heavy atom. The van der Waals surface area contributed by atoms with Crippen LogP contribution in [0.15, 0.2) is 27.4 Å². The standard InChI is InChI=1S/C19H20O4/c1-9-5-4-6-12-14(9)17-15(18(20)21-12)16-13-10(2)7-8-11(13)19(3,22-16)23-17/h4-6,10-11,13,16H,7-8H2,1-3H3/t10-,11-,13+,16+,19+/m0/s1. The average Bonchev–Trinajstić information content (AvgIpc) is 2.97. The highest BCUT2D eigenvalue weighted by Crippen LogP contribution is 2.62. The first-order valence-corrected chi connectivity index (χ1v) is 8.43. The fourth-order valence-electron chi connectivity index (χ4n) is 5.07. The zero-order valence-corrected chi connectivity index (χ0v) is 13.6. The number of fused-ring (bicyclic) bond motifs is 9. The van der Waals surface area contributed by atoms with Gasteiger partial charge in [-0.05, 0) is 37.3 Å². The second-order valence-electron chi connectivity index (χ2n) is 7.48. The molecule has 23 heavy (non-hydrogen) atoms. The molecule has 5 rings (SSSR count). The Labute approximate surface area is 134 Å². The summed E-state index contributed by atoms with van der Waals surface area (Å²) in [6.45, 7) is 6.31. The van der Waals surface area contributed by atoms with Crippen LogP contribution in [0.4, 0.5) is 0 Å². The molecule has 0 radical (unpaired) electrons. The maximum absolute atomic E-state index is 12.6. The van der Waals surface area contributed by atoms with Gasteiger partial charge in [-0.1, -0.05) is 19.1 Å². The van der Waals surface area contributed by atoms with E-state index in [-0.39, 0.29) is 11.7 Å². The molecule has 3 aliphatic rings. The summed E-state index contributed by atoms with van der Waals surface area (Å²) >= 11 is 0. The second kappa shape index (κ2) is 4.18. The monoisotopic (exact) mass is 312 g/mol. The van der Waals surface area contributed by atoms with E-state index in [9.17, 15) is 4.79 Å². The Morgan fingerprint density at radius 3 is 2.91 bits per heavy atom. The summed E-state index contributed by atoms with van der Waals surface area (Å²) in [7, 11) is 0. The Balaban J connectivity index is 1.85. The number of rotatable bonds is 0. The van der Waals surface area contributed by atoms with Gasteiger partial charge in [-0.3, -0.25) is 0 Å². The zero-order valence-electron chi connectivity index (χ0n) is 13.6. The lowest BCUT2D eigenvalue weighted by atomic mass is 9.83. The van der Waals surface area contributed by atoms with Crippen molar-refractivity contribution in [1.29, 1.82) is 0 Å². The molecule has 0 spiro atoms. The minimum Gasteiger partial charge on any atom is -0.461 e. The third-order valence-electron chi connectivity index (χ3n) is 6.16. The normalized spacial score (nSPS) is 37.5. The maximum atomic E-state index is 12.6. The molecule has 2 fully saturated rings. The molecule has 1 saturated heterocycles. The molecule has 0 N–H and O–H groups in total. The van der Waals surface area contributed by atoms with Crippen molar-refractivity contribution in [3.05, 3.63) is 39.7 Å². The van der Waals surface area contributed by atoms with Crippen molar-refractivity contribution in [3.8, 4) is 5.75 Å². The summed E-state index contributed by atoms with van der Waals surface area (Å²) in [4.78, 5) is 12.6. The Kier molecular flexibility index (Phi) is 2.47. The summed E-state index contributed by atoms with van der Waals surface area (Å²) in [6, 6.07) is 5.76. The summed E-state index contributed by atoms with van der Waals surface area (Å²) in [6.07, 6.45) is 2.06. The van der Waals surface area contributed by atoms with Crippen molar-refractivity contribution in [3.63, 3.8) is 0 Å². The van der Waals surface area contributed by atoms with Crippen LogP contribution in [0.1, 0.15) is 43.9 Å². The number of hydrogen-bond acceptors (Lipinski definition) is 4. The maximum Gasteiger partial charge on any atom is 0.345 e. The van der Waals surface area contributed by atoms with Gasteiger partial charge in [0.25, 0.3) is 0 Å². The van der Waals surface area contributed by atoms with E-state index in [1.165, 1.54) is 6.42 Å². The lowest BCUT2D eigenvalue weighted by molar-refractivity contribution is -0.196. The predicted octanol–water partition coefficient (Wildman–Crippen LogP) is 3.94. The quantitative estimate of drug-likeness (QED) is 0.691. The molecule has 1 aromatic carbocycles. The van der Waals surface area contributed by atoms with Gasteiger partial charge >= 0.3 is 5.63 Å². The van der Waals surface area contributed by atoms with E-state index in [0.717, 1.165) is 17.4 Å². The average molecular weight is 312 g/mol. The molecular weight excluding hydrogens is 292 g/mol. The minimum atomic E-state index is -0.629. The summed E-state index contributed by atoms with van der Waals surface area (Å²) in [5.41, 5.74) is 1.93. The molecule has 1 saturated carbocycles. The smallest absolute Gasteiger partial charge is 0.345 e. The van der Waals surface area contributed by atoms with Gasteiger partial charge in [0.2, 0.25) is 5.79 Å². The van der Waals surface area contributed by atoms with Crippen LogP contribution < -0.4 is 10.4 Å². The van der Waals surface area contributed by atoms with Crippen LogP contribution in [0.25, 0.3) is 11.0 Å². The van der Waals surface area contributed by atoms with E-state index in [2.05, 4.69) is 6.92 Å². The predicted molar refractivity (Wildman–Crippen MR) is 85.5 cm³/mol. The van der Waals surface area contributed by atoms with E-state index < -0.39 is 5.79 Å². The summed E-state index contributed by atoms with van der Waals surface area (Å²) in [5.74, 6) is 1.28. The van der Waals surface area contributed by atoms with E-state index in [4.69, 9.17) is 13.9 Å². The van der Waals surface area contributed by atoms with Crippen molar-refractivity contribution in [1.82, 2.24) is 0 Å². The van der Waals surface area contributed by atoms with E-state index >= 15 is 0 Å². The van der Waals surface area contributed by atoms with Crippen molar-refractivity contribution >= 4 is 11.0 Å². The second-order valence-corrected chi connectivity index (χ2v) is 7.48. The van der Waals surface area contributed by atoms with Gasteiger partial charge in [-0.25, -0.2) is 4.79 Å². The Bertz CT molecular complexity index is 883. The third-order valence-corrected chi connectivity index (χ3v) is 6.16. The molecule has 3 heterocycles. The molecule has 1 aliphatic carbocycles. The van der Waals surface area contributed by atoms with Crippen LogP contribution >= 0.6 is 0 Å². The van der Waals surface area contributed by atoms with Crippen molar-refractivity contribution in [2.45, 2.75) is 45.5 Å². The molecule has 4 nitrogen and oxygen atoms in total. The first kappa shape index (κ1) is 13.6. The van der Waals surface area contributed by atoms with Crippen LogP contribution in [0.3, 0.4) is 0 Å². The lowest BCUT2D eigenvalue weighted by Crippen LogP contribution is -2.41. The Hall–Kier alpha value is -1.81. The molecule has 4 heteroatoms. The first-order valence-electron chi connectivity index (χ1n) is 8.43. The van der Waals surface area contributed by atoms with Crippen molar-refractivity contribution in [2.75, 3.05) is 0 Å². The molecule has 2 bridgehead atoms. The number of aryl methyl sites for hydroxylation is 1. The summed E-state index contributed by atoms with van der Waals surface area (Å²) < 4.78 is 18.2. The van der Waals surface area contributed by atoms with Gasteiger partial charge in [0, 0.05) is 18.8 Å². The van der Waals surface area contributed by atoms with Gasteiger partial charge in [-0.15, -0.1) is 0 Å². The van der Waals surface area contributed by atoms with Crippen LogP contribution in [-0.4, -0.2) is 5.79 Å². The highest BCUT2D eigenvalue weighted by atomic mass is 16.7. The fourth-order valence-corrected chi connectivity index (χ4v) is 5.07. The van der Waals surface area contributed by atoms with E-state index in [0.29, 0.717) is 34.6 Å². The molecule has 1 aromatic heterocycles. The lowest BCUT2D eigenvalue weighted by Gasteiger charge is -2.35. The van der Waals surface area contributed by atoms with Gasteiger partial charge in [0.15, 0.2) is 0 Å². The largest absolute Gasteiger partial charge is 0.461 e. The topological polar surface area (TPSA) is 48.7 Å². The molecule has 2 aromatic rings. The van der Waals surface area contributed by atoms with E-state index in [1.54, 1.807) is 0 Å². The van der Waals surface area contributed by atoms with Gasteiger partial charge in [0.05, 0.1) is 5.39 Å². The number of hydrogen-bond donors (Lipinski definition) is 0. The molecule has 5 atom stereocenters. The van der Waals surface area contributed by atoms with E-state index in [1.807, 2.05) is 32.0 Å². The zero-order chi connectivity index (χ0) is 15.9. The number of ether oxygens (including phenoxy) is 2.